The average Bonchev–Trinajstić information content (AvgIpc) is 2.63. The highest BCUT2D eigenvalue weighted by Gasteiger charge is 1.99. The summed E-state index contributed by atoms with van der Waals surface area (Å²) < 4.78 is 0. The maximum Gasteiger partial charge on any atom is 0.328 e. The molecule has 0 aromatic heterocycles. The van der Waals surface area contributed by atoms with Crippen molar-refractivity contribution in [1.82, 2.24) is 0 Å². The Labute approximate surface area is 150 Å². The van der Waals surface area contributed by atoms with Gasteiger partial charge in [-0.3, -0.25) is 0 Å². The van der Waals surface area contributed by atoms with E-state index in [-0.39, 0.29) is 0 Å². The number of carboxylic acids is 1. The Morgan fingerprint density at radius 1 is 0.880 bits per heavy atom. The van der Waals surface area contributed by atoms with E-state index in [2.05, 4.69) is 55.5 Å². The van der Waals surface area contributed by atoms with Crippen molar-refractivity contribution in [2.75, 3.05) is 0 Å². The minimum atomic E-state index is -0.926. The molecule has 0 aliphatic carbocycles. The molecule has 2 aromatic rings. The van der Waals surface area contributed by atoms with Crippen molar-refractivity contribution in [3.05, 3.63) is 84.0 Å². The number of carbonyl (C=O) groups is 1. The summed E-state index contributed by atoms with van der Waals surface area (Å²) in [7, 11) is 0. The van der Waals surface area contributed by atoms with Crippen LogP contribution in [0.4, 0.5) is 0 Å². The first-order valence-corrected chi connectivity index (χ1v) is 8.93. The number of carboxylic acid groups (broad SMARTS) is 1. The summed E-state index contributed by atoms with van der Waals surface area (Å²) in [6, 6.07) is 17.4. The summed E-state index contributed by atoms with van der Waals surface area (Å²) in [6.07, 6.45) is 12.2. The van der Waals surface area contributed by atoms with Crippen molar-refractivity contribution < 1.29 is 9.90 Å². The summed E-state index contributed by atoms with van der Waals surface area (Å²) in [5, 5.41) is 8.52. The minimum absolute atomic E-state index is 0.792. The molecule has 0 unspecified atom stereocenters. The molecule has 2 nitrogen and oxygen atoms in total. The largest absolute Gasteiger partial charge is 0.478 e. The van der Waals surface area contributed by atoms with E-state index in [1.54, 1.807) is 12.2 Å². The van der Waals surface area contributed by atoms with Gasteiger partial charge in [-0.25, -0.2) is 4.79 Å². The number of hydrogen-bond donors (Lipinski definition) is 1. The fourth-order valence-electron chi connectivity index (χ4n) is 2.70. The number of rotatable bonds is 9. The number of aliphatic carboxylic acids is 1. The first-order valence-electron chi connectivity index (χ1n) is 8.93. The summed E-state index contributed by atoms with van der Waals surface area (Å²) in [5.74, 6) is -0.926. The van der Waals surface area contributed by atoms with Crippen LogP contribution in [0.15, 0.2) is 72.8 Å². The standard InChI is InChI=1S/C23H26O2/c1-2-3-5-8-19-11-15-21(16-12-19)22-17-13-20(14-18-22)9-6-4-7-10-23(24)25/h4,6-7,10-18H,2-3,5,8-9H2,1H3,(H,24,25)/b6-4+,10-7+. The van der Waals surface area contributed by atoms with Crippen molar-refractivity contribution >= 4 is 5.97 Å². The molecular formula is C23H26O2. The van der Waals surface area contributed by atoms with Gasteiger partial charge in [0.25, 0.3) is 0 Å². The van der Waals surface area contributed by atoms with Crippen LogP contribution in [0.1, 0.15) is 37.3 Å². The lowest BCUT2D eigenvalue weighted by molar-refractivity contribution is -0.131. The Morgan fingerprint density at radius 3 is 2.04 bits per heavy atom. The van der Waals surface area contributed by atoms with Gasteiger partial charge in [-0.1, -0.05) is 86.5 Å². The van der Waals surface area contributed by atoms with Crippen LogP contribution < -0.4 is 0 Å². The van der Waals surface area contributed by atoms with E-state index < -0.39 is 5.97 Å². The molecule has 0 heterocycles. The smallest absolute Gasteiger partial charge is 0.328 e. The molecule has 0 saturated heterocycles. The number of benzene rings is 2. The van der Waals surface area contributed by atoms with Crippen molar-refractivity contribution in [2.24, 2.45) is 0 Å². The first-order chi connectivity index (χ1) is 12.2. The van der Waals surface area contributed by atoms with Gasteiger partial charge in [0.1, 0.15) is 0 Å². The highest BCUT2D eigenvalue weighted by Crippen LogP contribution is 2.21. The molecule has 2 aromatic carbocycles. The fourth-order valence-corrected chi connectivity index (χ4v) is 2.70. The van der Waals surface area contributed by atoms with Crippen LogP contribution in [0.25, 0.3) is 11.1 Å². The second kappa shape index (κ2) is 10.3. The van der Waals surface area contributed by atoms with Crippen LogP contribution in [0.2, 0.25) is 0 Å². The molecule has 0 radical (unpaired) electrons. The third-order valence-electron chi connectivity index (χ3n) is 4.15. The highest BCUT2D eigenvalue weighted by molar-refractivity contribution is 5.80. The van der Waals surface area contributed by atoms with E-state index in [0.717, 1.165) is 18.9 Å². The number of aryl methyl sites for hydroxylation is 1. The van der Waals surface area contributed by atoms with Gasteiger partial charge in [0.15, 0.2) is 0 Å². The molecule has 0 saturated carbocycles. The van der Waals surface area contributed by atoms with Crippen LogP contribution in [0.5, 0.6) is 0 Å². The van der Waals surface area contributed by atoms with Crippen molar-refractivity contribution in [2.45, 2.75) is 39.0 Å². The Balaban J connectivity index is 1.91. The summed E-state index contributed by atoms with van der Waals surface area (Å²) in [4.78, 5) is 10.4. The predicted molar refractivity (Wildman–Crippen MR) is 105 cm³/mol. The van der Waals surface area contributed by atoms with E-state index >= 15 is 0 Å². The Morgan fingerprint density at radius 2 is 1.48 bits per heavy atom. The maximum atomic E-state index is 10.4. The van der Waals surface area contributed by atoms with Crippen molar-refractivity contribution in [1.29, 1.82) is 0 Å². The zero-order valence-corrected chi connectivity index (χ0v) is 14.8. The molecule has 2 heteroatoms. The lowest BCUT2D eigenvalue weighted by atomic mass is 10.00. The summed E-state index contributed by atoms with van der Waals surface area (Å²) in [5.41, 5.74) is 5.08. The number of hydrogen-bond acceptors (Lipinski definition) is 1. The highest BCUT2D eigenvalue weighted by atomic mass is 16.4. The molecule has 0 atom stereocenters. The quantitative estimate of drug-likeness (QED) is 0.356. The second-order valence-electron chi connectivity index (χ2n) is 6.18. The average molecular weight is 334 g/mol. The topological polar surface area (TPSA) is 37.3 Å². The van der Waals surface area contributed by atoms with Gasteiger partial charge in [-0.2, -0.15) is 0 Å². The van der Waals surface area contributed by atoms with Gasteiger partial charge in [-0.05, 0) is 41.5 Å². The maximum absolute atomic E-state index is 10.4. The van der Waals surface area contributed by atoms with Crippen molar-refractivity contribution in [3.8, 4) is 11.1 Å². The van der Waals surface area contributed by atoms with E-state index in [0.29, 0.717) is 0 Å². The molecule has 0 bridgehead atoms. The molecular weight excluding hydrogens is 308 g/mol. The third-order valence-corrected chi connectivity index (χ3v) is 4.15. The molecule has 130 valence electrons. The van der Waals surface area contributed by atoms with Gasteiger partial charge in [0.2, 0.25) is 0 Å². The monoisotopic (exact) mass is 334 g/mol. The Bertz CT molecular complexity index is 707. The molecule has 0 fully saturated rings. The molecule has 0 aliphatic heterocycles. The second-order valence-corrected chi connectivity index (χ2v) is 6.18. The predicted octanol–water partition coefficient (Wildman–Crippen LogP) is 5.83. The minimum Gasteiger partial charge on any atom is -0.478 e. The van der Waals surface area contributed by atoms with E-state index in [9.17, 15) is 4.79 Å². The fraction of sp³-hybridized carbons (Fsp3) is 0.261. The van der Waals surface area contributed by atoms with Gasteiger partial charge >= 0.3 is 5.97 Å². The first kappa shape index (κ1) is 18.7. The lowest BCUT2D eigenvalue weighted by Gasteiger charge is -2.06. The van der Waals surface area contributed by atoms with Gasteiger partial charge in [-0.15, -0.1) is 0 Å². The molecule has 1 N–H and O–H groups in total. The van der Waals surface area contributed by atoms with E-state index in [1.807, 2.05) is 6.08 Å². The van der Waals surface area contributed by atoms with Crippen molar-refractivity contribution in [3.63, 3.8) is 0 Å². The number of allylic oxidation sites excluding steroid dienone is 3. The van der Waals surface area contributed by atoms with Gasteiger partial charge < -0.3 is 5.11 Å². The van der Waals surface area contributed by atoms with Crippen LogP contribution in [0.3, 0.4) is 0 Å². The lowest BCUT2D eigenvalue weighted by Crippen LogP contribution is -1.86. The zero-order valence-electron chi connectivity index (χ0n) is 14.8. The Hall–Kier alpha value is -2.61. The molecule has 0 amide bonds. The van der Waals surface area contributed by atoms with Crippen LogP contribution in [-0.4, -0.2) is 11.1 Å². The van der Waals surface area contributed by atoms with Gasteiger partial charge in [0, 0.05) is 6.08 Å². The van der Waals surface area contributed by atoms with Crippen LogP contribution in [0, 0.1) is 0 Å². The third kappa shape index (κ3) is 6.80. The SMILES string of the molecule is CCCCCc1ccc(-c2ccc(C/C=C/C=C/C(=O)O)cc2)cc1. The van der Waals surface area contributed by atoms with E-state index in [4.69, 9.17) is 5.11 Å². The zero-order chi connectivity index (χ0) is 17.9. The van der Waals surface area contributed by atoms with Crippen LogP contribution in [-0.2, 0) is 17.6 Å². The molecule has 2 rings (SSSR count). The molecule has 0 aliphatic rings. The summed E-state index contributed by atoms with van der Waals surface area (Å²) in [6.45, 7) is 2.23. The number of unbranched alkanes of at least 4 members (excludes halogenated alkanes) is 2. The normalized spacial score (nSPS) is 11.4. The van der Waals surface area contributed by atoms with E-state index in [1.165, 1.54) is 41.5 Å². The van der Waals surface area contributed by atoms with Crippen LogP contribution >= 0.6 is 0 Å². The summed E-state index contributed by atoms with van der Waals surface area (Å²) >= 11 is 0. The Kier molecular flexibility index (Phi) is 7.71. The molecule has 25 heavy (non-hydrogen) atoms. The van der Waals surface area contributed by atoms with Gasteiger partial charge in [0.05, 0.1) is 0 Å². The molecule has 0 spiro atoms.